The number of aromatic amines is 1. The van der Waals surface area contributed by atoms with Gasteiger partial charge < -0.3 is 4.98 Å². The molecule has 150 valence electrons. The first-order valence-electron chi connectivity index (χ1n) is 9.54. The molecule has 3 aromatic heterocycles. The highest BCUT2D eigenvalue weighted by molar-refractivity contribution is 5.83. The average molecular weight is 408 g/mol. The van der Waals surface area contributed by atoms with Crippen molar-refractivity contribution in [2.24, 2.45) is 10.2 Å². The van der Waals surface area contributed by atoms with Gasteiger partial charge in [-0.2, -0.15) is 15.5 Å². The minimum atomic E-state index is -0.234. The van der Waals surface area contributed by atoms with Crippen molar-refractivity contribution in [3.8, 4) is 11.8 Å². The SMILES string of the molecule is Cc1ccccc1-n1ncc(C#N)c1N=Nc1c(C)nn2c1[nH]c(=O)c1ccccc12. The monoisotopic (exact) mass is 408 g/mol. The Morgan fingerprint density at radius 2 is 1.84 bits per heavy atom. The molecule has 0 radical (unpaired) electrons. The van der Waals surface area contributed by atoms with E-state index in [4.69, 9.17) is 0 Å². The van der Waals surface area contributed by atoms with Crippen LogP contribution in [0.1, 0.15) is 16.8 Å². The fourth-order valence-electron chi connectivity index (χ4n) is 3.54. The quantitative estimate of drug-likeness (QED) is 0.449. The van der Waals surface area contributed by atoms with Gasteiger partial charge in [0, 0.05) is 0 Å². The number of azo groups is 1. The third-order valence-electron chi connectivity index (χ3n) is 5.09. The molecule has 0 aliphatic carbocycles. The molecule has 1 N–H and O–H groups in total. The normalized spacial score (nSPS) is 11.5. The Morgan fingerprint density at radius 3 is 2.65 bits per heavy atom. The van der Waals surface area contributed by atoms with Crippen molar-refractivity contribution in [3.63, 3.8) is 0 Å². The molecular weight excluding hydrogens is 392 g/mol. The molecule has 0 spiro atoms. The lowest BCUT2D eigenvalue weighted by atomic mass is 10.2. The van der Waals surface area contributed by atoms with Gasteiger partial charge in [0.25, 0.3) is 5.56 Å². The summed E-state index contributed by atoms with van der Waals surface area (Å²) < 4.78 is 3.22. The number of hydrogen-bond donors (Lipinski definition) is 1. The smallest absolute Gasteiger partial charge is 0.259 e. The Hall–Kier alpha value is -4.58. The highest BCUT2D eigenvalue weighted by Gasteiger charge is 2.16. The van der Waals surface area contributed by atoms with Crippen LogP contribution in [0.5, 0.6) is 0 Å². The van der Waals surface area contributed by atoms with Crippen LogP contribution < -0.4 is 5.56 Å². The summed E-state index contributed by atoms with van der Waals surface area (Å²) in [6.45, 7) is 3.74. The van der Waals surface area contributed by atoms with Crippen LogP contribution >= 0.6 is 0 Å². The lowest BCUT2D eigenvalue weighted by Gasteiger charge is -2.06. The van der Waals surface area contributed by atoms with E-state index in [1.165, 1.54) is 6.20 Å². The van der Waals surface area contributed by atoms with Gasteiger partial charge in [0.2, 0.25) is 0 Å². The Kier molecular flexibility index (Phi) is 4.19. The first-order valence-corrected chi connectivity index (χ1v) is 9.54. The highest BCUT2D eigenvalue weighted by atomic mass is 16.1. The van der Waals surface area contributed by atoms with Crippen molar-refractivity contribution in [1.29, 1.82) is 5.26 Å². The first kappa shape index (κ1) is 18.4. The van der Waals surface area contributed by atoms with E-state index < -0.39 is 0 Å². The molecule has 2 aromatic carbocycles. The van der Waals surface area contributed by atoms with Gasteiger partial charge in [-0.3, -0.25) is 4.79 Å². The van der Waals surface area contributed by atoms with Crippen LogP contribution in [0.3, 0.4) is 0 Å². The largest absolute Gasteiger partial charge is 0.304 e. The molecule has 0 atom stereocenters. The van der Waals surface area contributed by atoms with Gasteiger partial charge in [0.15, 0.2) is 17.2 Å². The molecule has 9 nitrogen and oxygen atoms in total. The Balaban J connectivity index is 1.70. The molecular formula is C22H16N8O. The molecule has 31 heavy (non-hydrogen) atoms. The lowest BCUT2D eigenvalue weighted by molar-refractivity contribution is 0.863. The summed E-state index contributed by atoms with van der Waals surface area (Å²) in [7, 11) is 0. The predicted molar refractivity (Wildman–Crippen MR) is 115 cm³/mol. The zero-order valence-electron chi connectivity index (χ0n) is 16.7. The summed E-state index contributed by atoms with van der Waals surface area (Å²) in [4.78, 5) is 15.4. The summed E-state index contributed by atoms with van der Waals surface area (Å²) in [6.07, 6.45) is 1.46. The van der Waals surface area contributed by atoms with Crippen molar-refractivity contribution in [2.75, 3.05) is 0 Å². The van der Waals surface area contributed by atoms with E-state index in [-0.39, 0.29) is 5.56 Å². The van der Waals surface area contributed by atoms with Gasteiger partial charge in [0.05, 0.1) is 28.5 Å². The van der Waals surface area contributed by atoms with E-state index in [0.29, 0.717) is 39.3 Å². The van der Waals surface area contributed by atoms with Crippen LogP contribution in [-0.2, 0) is 0 Å². The van der Waals surface area contributed by atoms with E-state index in [1.54, 1.807) is 28.3 Å². The molecule has 0 amide bonds. The lowest BCUT2D eigenvalue weighted by Crippen LogP contribution is -2.09. The molecule has 0 fully saturated rings. The average Bonchev–Trinajstić information content (AvgIpc) is 3.33. The van der Waals surface area contributed by atoms with Gasteiger partial charge in [0.1, 0.15) is 11.6 Å². The zero-order chi connectivity index (χ0) is 21.5. The number of rotatable bonds is 3. The van der Waals surface area contributed by atoms with E-state index in [2.05, 4.69) is 31.5 Å². The van der Waals surface area contributed by atoms with Crippen LogP contribution in [0.25, 0.3) is 22.2 Å². The second kappa shape index (κ2) is 7.03. The van der Waals surface area contributed by atoms with Gasteiger partial charge in [-0.15, -0.1) is 10.2 Å². The summed E-state index contributed by atoms with van der Waals surface area (Å²) in [6, 6.07) is 17.0. The van der Waals surface area contributed by atoms with E-state index in [1.807, 2.05) is 43.3 Å². The Labute approximate surface area is 175 Å². The number of benzene rings is 2. The third kappa shape index (κ3) is 2.89. The summed E-state index contributed by atoms with van der Waals surface area (Å²) in [5.41, 5.74) is 3.96. The summed E-state index contributed by atoms with van der Waals surface area (Å²) >= 11 is 0. The van der Waals surface area contributed by atoms with Crippen molar-refractivity contribution < 1.29 is 0 Å². The molecule has 0 unspecified atom stereocenters. The van der Waals surface area contributed by atoms with E-state index >= 15 is 0 Å². The van der Waals surface area contributed by atoms with Crippen LogP contribution in [0.15, 0.2) is 69.8 Å². The molecule has 5 aromatic rings. The fourth-order valence-corrected chi connectivity index (χ4v) is 3.54. The molecule has 9 heteroatoms. The molecule has 0 aliphatic heterocycles. The number of aromatic nitrogens is 5. The van der Waals surface area contributed by atoms with Gasteiger partial charge in [-0.25, -0.2) is 9.20 Å². The molecule has 0 saturated carbocycles. The molecule has 3 heterocycles. The number of aryl methyl sites for hydroxylation is 2. The van der Waals surface area contributed by atoms with Crippen molar-refractivity contribution in [1.82, 2.24) is 24.4 Å². The zero-order valence-corrected chi connectivity index (χ0v) is 16.7. The molecule has 0 bridgehead atoms. The second-order valence-corrected chi connectivity index (χ2v) is 7.06. The maximum Gasteiger partial charge on any atom is 0.259 e. The Morgan fingerprint density at radius 1 is 1.06 bits per heavy atom. The van der Waals surface area contributed by atoms with E-state index in [0.717, 1.165) is 11.3 Å². The Bertz CT molecular complexity index is 1600. The summed E-state index contributed by atoms with van der Waals surface area (Å²) in [5.74, 6) is 0.304. The third-order valence-corrected chi connectivity index (χ3v) is 5.09. The van der Waals surface area contributed by atoms with Crippen molar-refractivity contribution in [2.45, 2.75) is 13.8 Å². The number of nitriles is 1. The predicted octanol–water partition coefficient (Wildman–Crippen LogP) is 4.27. The molecule has 0 saturated heterocycles. The number of nitrogens with one attached hydrogen (secondary N) is 1. The first-order chi connectivity index (χ1) is 15.1. The van der Waals surface area contributed by atoms with Gasteiger partial charge >= 0.3 is 0 Å². The van der Waals surface area contributed by atoms with E-state index in [9.17, 15) is 10.1 Å². The van der Waals surface area contributed by atoms with Gasteiger partial charge in [-0.05, 0) is 37.6 Å². The topological polar surface area (TPSA) is 116 Å². The van der Waals surface area contributed by atoms with Crippen LogP contribution in [0.4, 0.5) is 11.5 Å². The minimum Gasteiger partial charge on any atom is -0.304 e. The van der Waals surface area contributed by atoms with Crippen LogP contribution in [-0.4, -0.2) is 24.4 Å². The number of hydrogen-bond acceptors (Lipinski definition) is 6. The highest BCUT2D eigenvalue weighted by Crippen LogP contribution is 2.30. The number of para-hydroxylation sites is 2. The number of fused-ring (bicyclic) bond motifs is 3. The van der Waals surface area contributed by atoms with Crippen molar-refractivity contribution >= 4 is 28.1 Å². The summed E-state index contributed by atoms with van der Waals surface area (Å²) in [5, 5.41) is 27.6. The van der Waals surface area contributed by atoms with Crippen LogP contribution in [0.2, 0.25) is 0 Å². The maximum absolute atomic E-state index is 12.5. The standard InChI is InChI=1S/C22H16N8O/c1-13-7-3-5-9-17(13)29-20(15(11-23)12-24-29)27-26-19-14(2)28-30-18-10-6-4-8-16(18)22(31)25-21(19)30/h3-10,12H,1-2H3,(H,25,31). The maximum atomic E-state index is 12.5. The molecule has 5 rings (SSSR count). The minimum absolute atomic E-state index is 0.234. The fraction of sp³-hybridized carbons (Fsp3) is 0.0909. The molecule has 0 aliphatic rings. The second-order valence-electron chi connectivity index (χ2n) is 7.06. The van der Waals surface area contributed by atoms with Crippen molar-refractivity contribution in [3.05, 3.63) is 81.9 Å². The number of H-pyrrole nitrogens is 1. The van der Waals surface area contributed by atoms with Crippen LogP contribution in [0, 0.1) is 25.2 Å². The van der Waals surface area contributed by atoms with Gasteiger partial charge in [-0.1, -0.05) is 30.3 Å². The number of nitrogens with zero attached hydrogens (tertiary/aromatic N) is 7.